The van der Waals surface area contributed by atoms with E-state index in [-0.39, 0.29) is 41.9 Å². The maximum atomic E-state index is 13.8. The second kappa shape index (κ2) is 12.7. The summed E-state index contributed by atoms with van der Waals surface area (Å²) in [6, 6.07) is 14.0. The average Bonchev–Trinajstić information content (AvgIpc) is 3.81. The van der Waals surface area contributed by atoms with Crippen LogP contribution in [0, 0.1) is 23.1 Å². The van der Waals surface area contributed by atoms with Gasteiger partial charge in [0.2, 0.25) is 5.91 Å². The van der Waals surface area contributed by atoms with Crippen LogP contribution in [0.2, 0.25) is 0 Å². The highest BCUT2D eigenvalue weighted by Gasteiger charge is 2.49. The average molecular weight is 668 g/mol. The van der Waals surface area contributed by atoms with E-state index in [0.717, 1.165) is 28.9 Å². The number of anilines is 1. The Morgan fingerprint density at radius 1 is 1.12 bits per heavy atom. The van der Waals surface area contributed by atoms with Gasteiger partial charge in [-0.25, -0.2) is 13.9 Å². The number of piperazine rings is 1. The normalized spacial score (nSPS) is 26.4. The summed E-state index contributed by atoms with van der Waals surface area (Å²) in [5.41, 5.74) is 3.51. The summed E-state index contributed by atoms with van der Waals surface area (Å²) in [5.74, 6) is 1.29. The molecule has 0 saturated carbocycles. The quantitative estimate of drug-likeness (QED) is 0.285. The lowest BCUT2D eigenvalue weighted by atomic mass is 9.85. The number of nitriles is 1. The summed E-state index contributed by atoms with van der Waals surface area (Å²) in [7, 11) is 3.74. The van der Waals surface area contributed by atoms with Gasteiger partial charge in [0, 0.05) is 36.3 Å². The summed E-state index contributed by atoms with van der Waals surface area (Å²) in [6.45, 7) is 2.60. The minimum atomic E-state index is -0.579. The topological polar surface area (TPSA) is 129 Å². The third-order valence-corrected chi connectivity index (χ3v) is 10.4. The minimum absolute atomic E-state index is 0.0347. The number of aliphatic hydroxyl groups is 1. The van der Waals surface area contributed by atoms with E-state index >= 15 is 0 Å². The van der Waals surface area contributed by atoms with Gasteiger partial charge < -0.3 is 29.1 Å². The van der Waals surface area contributed by atoms with E-state index in [2.05, 4.69) is 16.1 Å². The molecule has 13 heteroatoms. The summed E-state index contributed by atoms with van der Waals surface area (Å²) in [6.07, 6.45) is 5.82. The van der Waals surface area contributed by atoms with Crippen molar-refractivity contribution in [3.63, 3.8) is 0 Å². The molecular weight excluding hydrogens is 629 g/mol. The molecule has 0 aliphatic carbocycles. The van der Waals surface area contributed by atoms with Crippen molar-refractivity contribution < 1.29 is 28.5 Å². The lowest BCUT2D eigenvalue weighted by Crippen LogP contribution is -2.71. The largest absolute Gasteiger partial charge is 0.492 e. The van der Waals surface area contributed by atoms with E-state index in [1.165, 1.54) is 12.1 Å². The fraction of sp³-hybridized carbons (Fsp3) is 0.444. The number of halogens is 1. The van der Waals surface area contributed by atoms with E-state index in [0.29, 0.717) is 56.2 Å². The standard InChI is InChI=1S/C36H38FN7O5/c1-41(2)33(21-3-6-25(37)7-4-21)36(46)44-26-11-27(44)17-42(16-26)31-8-5-22(14-39-31)29-12-28(18-43-32(29)24(13-38)15-40-43)47-10-9-23-19-48-35-30(45)20-49-34(23)35/h3-8,12,14-15,18,23,26-27,30,33-35,45H,9-11,16-17,19-20H2,1-2H3. The van der Waals surface area contributed by atoms with Crippen molar-refractivity contribution in [2.45, 2.75) is 49.3 Å². The number of amides is 1. The predicted octanol–water partition coefficient (Wildman–Crippen LogP) is 3.04. The first-order chi connectivity index (χ1) is 23.8. The number of likely N-dealkylation sites (N-methyl/N-ethyl adjacent to an activating group) is 1. The molecule has 0 radical (unpaired) electrons. The number of rotatable bonds is 9. The lowest BCUT2D eigenvalue weighted by molar-refractivity contribution is -0.151. The fourth-order valence-corrected chi connectivity index (χ4v) is 7.95. The van der Waals surface area contributed by atoms with Crippen LogP contribution in [0.25, 0.3) is 16.6 Å². The number of aromatic nitrogens is 3. The van der Waals surface area contributed by atoms with Gasteiger partial charge in [-0.1, -0.05) is 12.1 Å². The number of fused-ring (bicyclic) bond motifs is 4. The van der Waals surface area contributed by atoms with Crippen LogP contribution in [0.3, 0.4) is 0 Å². The summed E-state index contributed by atoms with van der Waals surface area (Å²) in [4.78, 5) is 24.7. The number of ether oxygens (including phenoxy) is 3. The van der Waals surface area contributed by atoms with Gasteiger partial charge in [-0.05, 0) is 62.8 Å². The molecule has 2 bridgehead atoms. The Balaban J connectivity index is 0.962. The molecule has 4 aromatic rings. The van der Waals surface area contributed by atoms with E-state index in [1.54, 1.807) is 35.2 Å². The molecule has 5 fully saturated rings. The molecule has 7 unspecified atom stereocenters. The molecule has 1 aromatic carbocycles. The second-order valence-corrected chi connectivity index (χ2v) is 13.6. The number of carbonyl (C=O) groups is 1. The number of nitrogens with zero attached hydrogens (tertiary/aromatic N) is 7. The molecule has 5 aliphatic rings. The zero-order valence-corrected chi connectivity index (χ0v) is 27.4. The van der Waals surface area contributed by atoms with Crippen molar-refractivity contribution in [2.75, 3.05) is 51.9 Å². The van der Waals surface area contributed by atoms with E-state index in [4.69, 9.17) is 19.2 Å². The molecule has 7 atom stereocenters. The van der Waals surface area contributed by atoms with Crippen LogP contribution < -0.4 is 9.64 Å². The Kier molecular flexibility index (Phi) is 8.19. The molecule has 9 rings (SSSR count). The van der Waals surface area contributed by atoms with Gasteiger partial charge in [-0.2, -0.15) is 10.4 Å². The van der Waals surface area contributed by atoms with Gasteiger partial charge in [-0.15, -0.1) is 0 Å². The molecular formula is C36H38FN7O5. The van der Waals surface area contributed by atoms with Crippen LogP contribution in [0.1, 0.15) is 30.0 Å². The van der Waals surface area contributed by atoms with Crippen LogP contribution in [0.5, 0.6) is 5.75 Å². The monoisotopic (exact) mass is 667 g/mol. The van der Waals surface area contributed by atoms with Crippen molar-refractivity contribution >= 4 is 17.2 Å². The fourth-order valence-electron chi connectivity index (χ4n) is 7.95. The Morgan fingerprint density at radius 3 is 2.61 bits per heavy atom. The zero-order valence-electron chi connectivity index (χ0n) is 27.4. The van der Waals surface area contributed by atoms with E-state index in [1.807, 2.05) is 42.1 Å². The van der Waals surface area contributed by atoms with Crippen molar-refractivity contribution in [3.05, 3.63) is 78.0 Å². The molecule has 12 nitrogen and oxygen atoms in total. The number of benzene rings is 1. The molecule has 5 saturated heterocycles. The summed E-state index contributed by atoms with van der Waals surface area (Å²) < 4.78 is 32.9. The van der Waals surface area contributed by atoms with Crippen molar-refractivity contribution in [1.29, 1.82) is 5.26 Å². The van der Waals surface area contributed by atoms with Gasteiger partial charge in [0.05, 0.1) is 61.5 Å². The maximum absolute atomic E-state index is 13.8. The van der Waals surface area contributed by atoms with Crippen molar-refractivity contribution in [1.82, 2.24) is 24.4 Å². The van der Waals surface area contributed by atoms with Gasteiger partial charge in [0.15, 0.2) is 0 Å². The van der Waals surface area contributed by atoms with Gasteiger partial charge in [0.25, 0.3) is 0 Å². The first-order valence-electron chi connectivity index (χ1n) is 16.7. The number of hydrogen-bond acceptors (Lipinski definition) is 10. The maximum Gasteiger partial charge on any atom is 0.245 e. The van der Waals surface area contributed by atoms with Crippen LogP contribution in [-0.2, 0) is 14.3 Å². The Labute approximate surface area is 283 Å². The number of piperidine rings is 1. The first kappa shape index (κ1) is 31.6. The highest BCUT2D eigenvalue weighted by Crippen LogP contribution is 2.39. The number of pyridine rings is 2. The van der Waals surface area contributed by atoms with E-state index < -0.39 is 12.1 Å². The Morgan fingerprint density at radius 2 is 1.90 bits per heavy atom. The van der Waals surface area contributed by atoms with Crippen LogP contribution in [0.4, 0.5) is 10.2 Å². The molecule has 1 N–H and O–H groups in total. The second-order valence-electron chi connectivity index (χ2n) is 13.6. The molecule has 254 valence electrons. The van der Waals surface area contributed by atoms with Gasteiger partial charge in [-0.3, -0.25) is 9.69 Å². The SMILES string of the molecule is CN(C)C(C(=O)N1C2CC1CN(c1ccc(-c3cc(OCCC4COC5C(O)COC45)cn4ncc(C#N)c34)cn1)C2)c1ccc(F)cc1. The molecule has 3 aromatic heterocycles. The lowest BCUT2D eigenvalue weighted by Gasteiger charge is -2.57. The highest BCUT2D eigenvalue weighted by atomic mass is 19.1. The molecule has 0 spiro atoms. The zero-order chi connectivity index (χ0) is 33.8. The predicted molar refractivity (Wildman–Crippen MR) is 176 cm³/mol. The first-order valence-corrected chi connectivity index (χ1v) is 16.7. The number of carbonyl (C=O) groups excluding carboxylic acids is 1. The minimum Gasteiger partial charge on any atom is -0.492 e. The Bertz CT molecular complexity index is 1880. The van der Waals surface area contributed by atoms with Gasteiger partial charge in [0.1, 0.15) is 41.7 Å². The van der Waals surface area contributed by atoms with Crippen LogP contribution >= 0.6 is 0 Å². The highest BCUT2D eigenvalue weighted by molar-refractivity contribution is 5.86. The number of hydrogen-bond donors (Lipinski definition) is 1. The summed E-state index contributed by atoms with van der Waals surface area (Å²) >= 11 is 0. The van der Waals surface area contributed by atoms with Crippen molar-refractivity contribution in [3.8, 4) is 22.9 Å². The van der Waals surface area contributed by atoms with Crippen LogP contribution in [0.15, 0.2) is 61.1 Å². The van der Waals surface area contributed by atoms with E-state index in [9.17, 15) is 19.6 Å². The smallest absolute Gasteiger partial charge is 0.245 e. The third-order valence-electron chi connectivity index (χ3n) is 10.4. The van der Waals surface area contributed by atoms with Crippen LogP contribution in [-0.4, -0.2) is 113 Å². The summed E-state index contributed by atoms with van der Waals surface area (Å²) in [5, 5.41) is 24.3. The molecule has 1 amide bonds. The number of aliphatic hydroxyl groups excluding tert-OH is 1. The Hall–Kier alpha value is -4.61. The van der Waals surface area contributed by atoms with Crippen molar-refractivity contribution in [2.24, 2.45) is 5.92 Å². The third kappa shape index (κ3) is 5.68. The van der Waals surface area contributed by atoms with Gasteiger partial charge >= 0.3 is 0 Å². The molecule has 8 heterocycles. The molecule has 49 heavy (non-hydrogen) atoms. The molecule has 5 aliphatic heterocycles.